The van der Waals surface area contributed by atoms with Crippen molar-refractivity contribution in [1.29, 1.82) is 0 Å². The number of halogens is 3. The number of nitrogens with one attached hydrogen (secondary N) is 1. The normalized spacial score (nSPS) is 11.4. The van der Waals surface area contributed by atoms with Crippen LogP contribution in [0.5, 0.6) is 0 Å². The van der Waals surface area contributed by atoms with Crippen molar-refractivity contribution < 1.29 is 8.42 Å². The van der Waals surface area contributed by atoms with E-state index in [2.05, 4.69) is 14.7 Å². The Hall–Kier alpha value is -1.08. The van der Waals surface area contributed by atoms with E-state index in [0.717, 1.165) is 0 Å². The number of aryl methyl sites for hydroxylation is 1. The van der Waals surface area contributed by atoms with Crippen LogP contribution in [0.3, 0.4) is 0 Å². The van der Waals surface area contributed by atoms with E-state index in [-0.39, 0.29) is 21.2 Å². The number of rotatable bonds is 3. The van der Waals surface area contributed by atoms with E-state index in [1.54, 1.807) is 19.1 Å². The Morgan fingerprint density at radius 1 is 1.10 bits per heavy atom. The highest BCUT2D eigenvalue weighted by molar-refractivity contribution is 7.92. The van der Waals surface area contributed by atoms with Crippen LogP contribution in [0.15, 0.2) is 29.2 Å². The van der Waals surface area contributed by atoms with Gasteiger partial charge in [0, 0.05) is 11.1 Å². The van der Waals surface area contributed by atoms with Crippen molar-refractivity contribution >= 4 is 50.6 Å². The summed E-state index contributed by atoms with van der Waals surface area (Å²) in [5.74, 6) is -0.0191. The third kappa shape index (κ3) is 3.52. The van der Waals surface area contributed by atoms with E-state index in [1.165, 1.54) is 12.1 Å². The Kier molecular flexibility index (Phi) is 4.39. The fourth-order valence-electron chi connectivity index (χ4n) is 1.50. The zero-order valence-electron chi connectivity index (χ0n) is 10.1. The molecule has 20 heavy (non-hydrogen) atoms. The fraction of sp³-hybridized carbons (Fsp3) is 0.0909. The second-order valence-corrected chi connectivity index (χ2v) is 6.67. The van der Waals surface area contributed by atoms with E-state index in [4.69, 9.17) is 34.8 Å². The number of benzene rings is 1. The predicted octanol–water partition coefficient (Wildman–Crippen LogP) is 3.55. The van der Waals surface area contributed by atoms with Crippen molar-refractivity contribution in [2.75, 3.05) is 4.72 Å². The van der Waals surface area contributed by atoms with Crippen LogP contribution in [0.2, 0.25) is 15.5 Å². The molecule has 5 nitrogen and oxygen atoms in total. The third-order valence-corrected chi connectivity index (χ3v) is 4.44. The highest BCUT2D eigenvalue weighted by atomic mass is 35.5. The number of hydrogen-bond acceptors (Lipinski definition) is 4. The van der Waals surface area contributed by atoms with Crippen molar-refractivity contribution in [3.05, 3.63) is 45.3 Å². The lowest BCUT2D eigenvalue weighted by Crippen LogP contribution is -2.15. The van der Waals surface area contributed by atoms with Crippen LogP contribution in [0.25, 0.3) is 0 Å². The first kappa shape index (κ1) is 15.3. The molecule has 0 fully saturated rings. The molecule has 106 valence electrons. The summed E-state index contributed by atoms with van der Waals surface area (Å²) in [6.45, 7) is 1.66. The molecule has 9 heteroatoms. The van der Waals surface area contributed by atoms with Crippen LogP contribution in [-0.2, 0) is 10.0 Å². The molecule has 0 saturated heterocycles. The van der Waals surface area contributed by atoms with E-state index in [0.29, 0.717) is 10.6 Å². The van der Waals surface area contributed by atoms with Gasteiger partial charge in [-0.2, -0.15) is 4.98 Å². The first-order chi connectivity index (χ1) is 9.28. The molecule has 0 atom stereocenters. The van der Waals surface area contributed by atoms with Crippen LogP contribution in [-0.4, -0.2) is 18.4 Å². The van der Waals surface area contributed by atoms with Crippen molar-refractivity contribution in [2.45, 2.75) is 11.8 Å². The zero-order valence-corrected chi connectivity index (χ0v) is 13.1. The van der Waals surface area contributed by atoms with Gasteiger partial charge < -0.3 is 0 Å². The highest BCUT2D eigenvalue weighted by Gasteiger charge is 2.18. The number of anilines is 1. The van der Waals surface area contributed by atoms with Gasteiger partial charge in [0.2, 0.25) is 5.28 Å². The van der Waals surface area contributed by atoms with Gasteiger partial charge in [0.25, 0.3) is 10.0 Å². The molecule has 0 bridgehead atoms. The van der Waals surface area contributed by atoms with Gasteiger partial charge in [-0.25, -0.2) is 13.4 Å². The Bertz CT molecular complexity index is 745. The van der Waals surface area contributed by atoms with Crippen LogP contribution < -0.4 is 4.72 Å². The summed E-state index contributed by atoms with van der Waals surface area (Å²) in [6.07, 6.45) is 0. The lowest BCUT2D eigenvalue weighted by Gasteiger charge is -2.10. The molecule has 0 saturated carbocycles. The molecule has 0 amide bonds. The molecule has 2 rings (SSSR count). The molecule has 1 N–H and O–H groups in total. The van der Waals surface area contributed by atoms with E-state index < -0.39 is 10.0 Å². The van der Waals surface area contributed by atoms with Crippen molar-refractivity contribution in [1.82, 2.24) is 9.97 Å². The molecule has 0 radical (unpaired) electrons. The van der Waals surface area contributed by atoms with Crippen molar-refractivity contribution in [2.24, 2.45) is 0 Å². The first-order valence-corrected chi connectivity index (χ1v) is 7.89. The summed E-state index contributed by atoms with van der Waals surface area (Å²) in [4.78, 5) is 7.43. The Labute approximate surface area is 131 Å². The third-order valence-electron chi connectivity index (χ3n) is 2.35. The first-order valence-electron chi connectivity index (χ1n) is 5.27. The average Bonchev–Trinajstić information content (AvgIpc) is 2.30. The maximum Gasteiger partial charge on any atom is 0.263 e. The van der Waals surface area contributed by atoms with Gasteiger partial charge in [-0.05, 0) is 36.2 Å². The minimum absolute atomic E-state index is 0.0191. The summed E-state index contributed by atoms with van der Waals surface area (Å²) in [7, 11) is -3.84. The Morgan fingerprint density at radius 2 is 1.80 bits per heavy atom. The number of nitrogens with zero attached hydrogens (tertiary/aromatic N) is 2. The van der Waals surface area contributed by atoms with Gasteiger partial charge in [0.15, 0.2) is 0 Å². The van der Waals surface area contributed by atoms with Crippen molar-refractivity contribution in [3.8, 4) is 0 Å². The van der Waals surface area contributed by atoms with E-state index in [9.17, 15) is 8.42 Å². The molecular weight excluding hydrogens is 345 g/mol. The SMILES string of the molecule is Cc1ccc(Cl)cc1S(=O)(=O)Nc1cc(Cl)nc(Cl)n1. The zero-order chi connectivity index (χ0) is 14.9. The largest absolute Gasteiger partial charge is 0.263 e. The van der Waals surface area contributed by atoms with Gasteiger partial charge in [0.05, 0.1) is 4.90 Å². The summed E-state index contributed by atoms with van der Waals surface area (Å²) in [6, 6.07) is 5.82. The predicted molar refractivity (Wildman–Crippen MR) is 79.0 cm³/mol. The lowest BCUT2D eigenvalue weighted by molar-refractivity contribution is 0.600. The molecule has 1 heterocycles. The minimum atomic E-state index is -3.84. The Morgan fingerprint density at radius 3 is 2.45 bits per heavy atom. The summed E-state index contributed by atoms with van der Waals surface area (Å²) < 4.78 is 26.8. The number of aromatic nitrogens is 2. The van der Waals surface area contributed by atoms with E-state index in [1.807, 2.05) is 0 Å². The molecule has 1 aromatic heterocycles. The molecule has 1 aromatic carbocycles. The second kappa shape index (κ2) is 5.73. The Balaban J connectivity index is 2.43. The van der Waals surface area contributed by atoms with Crippen LogP contribution in [0, 0.1) is 6.92 Å². The summed E-state index contributed by atoms with van der Waals surface area (Å²) in [5, 5.41) is 0.193. The van der Waals surface area contributed by atoms with Gasteiger partial charge in [-0.1, -0.05) is 29.3 Å². The minimum Gasteiger partial charge on any atom is -0.263 e. The molecule has 2 aromatic rings. The molecule has 0 aliphatic heterocycles. The number of sulfonamides is 1. The van der Waals surface area contributed by atoms with Gasteiger partial charge in [0.1, 0.15) is 11.0 Å². The van der Waals surface area contributed by atoms with Crippen LogP contribution >= 0.6 is 34.8 Å². The molecule has 0 unspecified atom stereocenters. The maximum atomic E-state index is 12.3. The molecule has 0 spiro atoms. The smallest absolute Gasteiger partial charge is 0.263 e. The highest BCUT2D eigenvalue weighted by Crippen LogP contribution is 2.23. The van der Waals surface area contributed by atoms with E-state index >= 15 is 0 Å². The van der Waals surface area contributed by atoms with Crippen molar-refractivity contribution in [3.63, 3.8) is 0 Å². The fourth-order valence-corrected chi connectivity index (χ4v) is 3.41. The number of hydrogen-bond donors (Lipinski definition) is 1. The average molecular weight is 353 g/mol. The monoisotopic (exact) mass is 351 g/mol. The van der Waals surface area contributed by atoms with Crippen LogP contribution in [0.4, 0.5) is 5.82 Å². The standard InChI is InChI=1S/C11H8Cl3N3O2S/c1-6-2-3-7(12)4-8(6)20(18,19)17-10-5-9(13)15-11(14)16-10/h2-5H,1H3,(H,15,16,17). The maximum absolute atomic E-state index is 12.3. The van der Waals surface area contributed by atoms with Crippen LogP contribution in [0.1, 0.15) is 5.56 Å². The second-order valence-electron chi connectivity index (χ2n) is 3.86. The van der Waals surface area contributed by atoms with Gasteiger partial charge >= 0.3 is 0 Å². The topological polar surface area (TPSA) is 72.0 Å². The quantitative estimate of drug-likeness (QED) is 0.677. The van der Waals surface area contributed by atoms with Gasteiger partial charge in [-0.3, -0.25) is 4.72 Å². The lowest BCUT2D eigenvalue weighted by atomic mass is 10.2. The summed E-state index contributed by atoms with van der Waals surface area (Å²) >= 11 is 17.1. The molecular formula is C11H8Cl3N3O2S. The molecule has 0 aliphatic rings. The summed E-state index contributed by atoms with van der Waals surface area (Å²) in [5.41, 5.74) is 0.549. The van der Waals surface area contributed by atoms with Gasteiger partial charge in [-0.15, -0.1) is 0 Å². The molecule has 0 aliphatic carbocycles.